The number of nitrogens with zero attached hydrogens (tertiary/aromatic N) is 3. The third-order valence-electron chi connectivity index (χ3n) is 3.98. The lowest BCUT2D eigenvalue weighted by Gasteiger charge is -2.17. The van der Waals surface area contributed by atoms with Crippen LogP contribution in [0.25, 0.3) is 0 Å². The van der Waals surface area contributed by atoms with Crippen molar-refractivity contribution in [2.75, 3.05) is 17.3 Å². The minimum atomic E-state index is -0.215. The van der Waals surface area contributed by atoms with Crippen molar-refractivity contribution in [1.29, 1.82) is 0 Å². The third-order valence-corrected chi connectivity index (χ3v) is 3.98. The summed E-state index contributed by atoms with van der Waals surface area (Å²) < 4.78 is 0. The van der Waals surface area contributed by atoms with Gasteiger partial charge < -0.3 is 10.2 Å². The molecular weight excluding hydrogens is 324 g/mol. The summed E-state index contributed by atoms with van der Waals surface area (Å²) in [4.78, 5) is 23.0. The number of aryl methyl sites for hydroxylation is 2. The molecule has 5 nitrogen and oxygen atoms in total. The standard InChI is InChI=1S/C21H22N4O/c1-15-9-16(2)11-19(10-15)24-20(26)18-12-22-21(23-13-18)25(3)14-17-7-5-4-6-8-17/h4-13H,14H2,1-3H3,(H,24,26). The molecule has 1 amide bonds. The predicted molar refractivity (Wildman–Crippen MR) is 104 cm³/mol. The van der Waals surface area contributed by atoms with E-state index >= 15 is 0 Å². The first kappa shape index (κ1) is 17.6. The Morgan fingerprint density at radius 3 is 2.23 bits per heavy atom. The fourth-order valence-corrected chi connectivity index (χ4v) is 2.81. The van der Waals surface area contributed by atoms with Gasteiger partial charge >= 0.3 is 0 Å². The van der Waals surface area contributed by atoms with Crippen molar-refractivity contribution in [3.05, 3.63) is 83.2 Å². The van der Waals surface area contributed by atoms with E-state index < -0.39 is 0 Å². The maximum absolute atomic E-state index is 12.4. The maximum atomic E-state index is 12.4. The van der Waals surface area contributed by atoms with Crippen LogP contribution in [0.3, 0.4) is 0 Å². The average molecular weight is 346 g/mol. The highest BCUT2D eigenvalue weighted by molar-refractivity contribution is 6.04. The fourth-order valence-electron chi connectivity index (χ4n) is 2.81. The molecule has 0 spiro atoms. The molecule has 0 aliphatic rings. The van der Waals surface area contributed by atoms with Crippen LogP contribution in [0, 0.1) is 13.8 Å². The quantitative estimate of drug-likeness (QED) is 0.759. The molecule has 0 fully saturated rings. The highest BCUT2D eigenvalue weighted by atomic mass is 16.1. The molecule has 1 N–H and O–H groups in total. The number of rotatable bonds is 5. The lowest BCUT2D eigenvalue weighted by atomic mass is 10.1. The summed E-state index contributed by atoms with van der Waals surface area (Å²) in [6.07, 6.45) is 3.11. The second kappa shape index (κ2) is 7.78. The second-order valence-electron chi connectivity index (χ2n) is 6.44. The van der Waals surface area contributed by atoms with E-state index in [4.69, 9.17) is 0 Å². The van der Waals surface area contributed by atoms with Gasteiger partial charge in [0.1, 0.15) is 0 Å². The lowest BCUT2D eigenvalue weighted by molar-refractivity contribution is 0.102. The van der Waals surface area contributed by atoms with E-state index in [-0.39, 0.29) is 5.91 Å². The van der Waals surface area contributed by atoms with E-state index in [1.54, 1.807) is 12.4 Å². The first-order chi connectivity index (χ1) is 12.5. The molecule has 0 radical (unpaired) electrons. The normalized spacial score (nSPS) is 10.4. The molecule has 3 aromatic rings. The average Bonchev–Trinajstić information content (AvgIpc) is 2.62. The lowest BCUT2D eigenvalue weighted by Crippen LogP contribution is -2.20. The molecule has 0 bridgehead atoms. The van der Waals surface area contributed by atoms with Crippen LogP contribution in [0.4, 0.5) is 11.6 Å². The molecule has 0 aliphatic carbocycles. The van der Waals surface area contributed by atoms with Crippen molar-refractivity contribution in [3.63, 3.8) is 0 Å². The minimum absolute atomic E-state index is 0.215. The fraction of sp³-hybridized carbons (Fsp3) is 0.190. The van der Waals surface area contributed by atoms with Crippen molar-refractivity contribution in [2.24, 2.45) is 0 Å². The van der Waals surface area contributed by atoms with Gasteiger partial charge in [0.15, 0.2) is 0 Å². The summed E-state index contributed by atoms with van der Waals surface area (Å²) in [6, 6.07) is 16.1. The van der Waals surface area contributed by atoms with Crippen molar-refractivity contribution in [1.82, 2.24) is 9.97 Å². The van der Waals surface area contributed by atoms with Crippen LogP contribution in [0.2, 0.25) is 0 Å². The summed E-state index contributed by atoms with van der Waals surface area (Å²) in [7, 11) is 1.93. The number of carbonyl (C=O) groups excluding carboxylic acids is 1. The predicted octanol–water partition coefficient (Wildman–Crippen LogP) is 3.98. The molecule has 5 heteroatoms. The van der Waals surface area contributed by atoms with E-state index in [0.717, 1.165) is 16.8 Å². The number of aromatic nitrogens is 2. The van der Waals surface area contributed by atoms with Gasteiger partial charge in [0.2, 0.25) is 5.95 Å². The highest BCUT2D eigenvalue weighted by Gasteiger charge is 2.10. The zero-order valence-corrected chi connectivity index (χ0v) is 15.2. The Bertz CT molecular complexity index is 871. The first-order valence-electron chi connectivity index (χ1n) is 8.48. The SMILES string of the molecule is Cc1cc(C)cc(NC(=O)c2cnc(N(C)Cc3ccccc3)nc2)c1. The zero-order valence-electron chi connectivity index (χ0n) is 15.2. The van der Waals surface area contributed by atoms with E-state index in [2.05, 4.69) is 33.5 Å². The molecule has 1 aromatic heterocycles. The highest BCUT2D eigenvalue weighted by Crippen LogP contribution is 2.15. The van der Waals surface area contributed by atoms with Crippen LogP contribution in [-0.2, 0) is 6.54 Å². The molecule has 26 heavy (non-hydrogen) atoms. The first-order valence-corrected chi connectivity index (χ1v) is 8.48. The van der Waals surface area contributed by atoms with Gasteiger partial charge in [-0.25, -0.2) is 9.97 Å². The van der Waals surface area contributed by atoms with Gasteiger partial charge in [-0.1, -0.05) is 36.4 Å². The van der Waals surface area contributed by atoms with Crippen LogP contribution in [0.15, 0.2) is 60.9 Å². The molecule has 1 heterocycles. The van der Waals surface area contributed by atoms with Crippen molar-refractivity contribution >= 4 is 17.5 Å². The molecule has 0 saturated carbocycles. The number of amides is 1. The van der Waals surface area contributed by atoms with Crippen LogP contribution < -0.4 is 10.2 Å². The monoisotopic (exact) mass is 346 g/mol. The third kappa shape index (κ3) is 4.45. The Kier molecular flexibility index (Phi) is 5.27. The Morgan fingerprint density at radius 2 is 1.62 bits per heavy atom. The zero-order chi connectivity index (χ0) is 18.5. The van der Waals surface area contributed by atoms with Gasteiger partial charge in [0, 0.05) is 31.7 Å². The van der Waals surface area contributed by atoms with E-state index in [0.29, 0.717) is 18.1 Å². The molecule has 2 aromatic carbocycles. The van der Waals surface area contributed by atoms with Crippen molar-refractivity contribution < 1.29 is 4.79 Å². The number of nitrogens with one attached hydrogen (secondary N) is 1. The second-order valence-corrected chi connectivity index (χ2v) is 6.44. The Morgan fingerprint density at radius 1 is 1.00 bits per heavy atom. The number of benzene rings is 2. The van der Waals surface area contributed by atoms with E-state index in [1.165, 1.54) is 5.56 Å². The van der Waals surface area contributed by atoms with Gasteiger partial charge in [0.05, 0.1) is 5.56 Å². The Labute approximate surface area is 153 Å². The maximum Gasteiger partial charge on any atom is 0.258 e. The van der Waals surface area contributed by atoms with Gasteiger partial charge in [-0.15, -0.1) is 0 Å². The molecule has 0 saturated heterocycles. The summed E-state index contributed by atoms with van der Waals surface area (Å²) >= 11 is 0. The van der Waals surface area contributed by atoms with Crippen LogP contribution in [0.1, 0.15) is 27.0 Å². The van der Waals surface area contributed by atoms with Crippen molar-refractivity contribution in [2.45, 2.75) is 20.4 Å². The van der Waals surface area contributed by atoms with E-state index in [1.807, 2.05) is 56.1 Å². The van der Waals surface area contributed by atoms with Gasteiger partial charge in [-0.05, 0) is 42.7 Å². The molecule has 0 aliphatic heterocycles. The molecule has 0 atom stereocenters. The molecular formula is C21H22N4O. The van der Waals surface area contributed by atoms with Crippen LogP contribution >= 0.6 is 0 Å². The molecule has 132 valence electrons. The summed E-state index contributed by atoms with van der Waals surface area (Å²) in [5.74, 6) is 0.365. The van der Waals surface area contributed by atoms with Crippen LogP contribution in [0.5, 0.6) is 0 Å². The number of hydrogen-bond acceptors (Lipinski definition) is 4. The number of anilines is 2. The summed E-state index contributed by atoms with van der Waals surface area (Å²) in [5.41, 5.74) is 4.60. The summed E-state index contributed by atoms with van der Waals surface area (Å²) in [6.45, 7) is 4.71. The largest absolute Gasteiger partial charge is 0.340 e. The Hall–Kier alpha value is -3.21. The van der Waals surface area contributed by atoms with Gasteiger partial charge in [0.25, 0.3) is 5.91 Å². The topological polar surface area (TPSA) is 58.1 Å². The van der Waals surface area contributed by atoms with Crippen molar-refractivity contribution in [3.8, 4) is 0 Å². The number of hydrogen-bond donors (Lipinski definition) is 1. The number of carbonyl (C=O) groups is 1. The van der Waals surface area contributed by atoms with Crippen LogP contribution in [-0.4, -0.2) is 22.9 Å². The molecule has 0 unspecified atom stereocenters. The minimum Gasteiger partial charge on any atom is -0.340 e. The summed E-state index contributed by atoms with van der Waals surface area (Å²) in [5, 5.41) is 2.90. The smallest absolute Gasteiger partial charge is 0.258 e. The Balaban J connectivity index is 1.67. The molecule has 3 rings (SSSR count). The van der Waals surface area contributed by atoms with Gasteiger partial charge in [-0.3, -0.25) is 4.79 Å². The van der Waals surface area contributed by atoms with E-state index in [9.17, 15) is 4.79 Å². The van der Waals surface area contributed by atoms with Gasteiger partial charge in [-0.2, -0.15) is 0 Å².